The van der Waals surface area contributed by atoms with Crippen molar-refractivity contribution in [2.75, 3.05) is 6.61 Å². The molecule has 0 radical (unpaired) electrons. The summed E-state index contributed by atoms with van der Waals surface area (Å²) in [4.78, 5) is 16.0. The Kier molecular flexibility index (Phi) is 7.54. The first kappa shape index (κ1) is 24.1. The Morgan fingerprint density at radius 2 is 1.40 bits per heavy atom. The number of aliphatic hydroxyl groups excluding tert-OH is 1. The number of imidazole rings is 1. The van der Waals surface area contributed by atoms with Gasteiger partial charge >= 0.3 is 0 Å². The lowest BCUT2D eigenvalue weighted by atomic mass is 9.77. The fourth-order valence-corrected chi connectivity index (χ4v) is 4.48. The number of amides is 1. The summed E-state index contributed by atoms with van der Waals surface area (Å²) >= 11 is 5.77. The quantitative estimate of drug-likeness (QED) is 0.215. The van der Waals surface area contributed by atoms with Crippen LogP contribution in [0.1, 0.15) is 32.9 Å². The number of carbonyl (C=O) groups is 1. The largest absolute Gasteiger partial charge is 0.395 e. The molecule has 0 fully saturated rings. The van der Waals surface area contributed by atoms with Crippen molar-refractivity contribution in [3.8, 4) is 0 Å². The van der Waals surface area contributed by atoms with Gasteiger partial charge in [-0.1, -0.05) is 91.0 Å². The molecule has 0 unspecified atom stereocenters. The molecule has 0 aliphatic carbocycles. The summed E-state index contributed by atoms with van der Waals surface area (Å²) in [5.41, 5.74) is 8.49. The summed E-state index contributed by atoms with van der Waals surface area (Å²) in [5.74, 6) is -0.635. The Balaban J connectivity index is 1.72. The lowest BCUT2D eigenvalue weighted by Crippen LogP contribution is -2.51. The van der Waals surface area contributed by atoms with Gasteiger partial charge < -0.3 is 26.0 Å². The summed E-state index contributed by atoms with van der Waals surface area (Å²) in [5, 5.41) is 16.5. The summed E-state index contributed by atoms with van der Waals surface area (Å²) in [6, 6.07) is 30.3. The fraction of sp³-hybridized carbons (Fsp3) is 0.148. The molecule has 1 amide bonds. The third-order valence-corrected chi connectivity index (χ3v) is 6.10. The van der Waals surface area contributed by atoms with Gasteiger partial charge in [-0.2, -0.15) is 0 Å². The molecule has 4 aromatic rings. The maximum absolute atomic E-state index is 11.9. The number of rotatable bonds is 9. The Morgan fingerprint density at radius 3 is 1.83 bits per heavy atom. The van der Waals surface area contributed by atoms with Gasteiger partial charge in [0.05, 0.1) is 25.2 Å². The number of aromatic nitrogens is 2. The van der Waals surface area contributed by atoms with Crippen LogP contribution in [0.4, 0.5) is 0 Å². The third-order valence-electron chi connectivity index (χ3n) is 5.86. The number of aliphatic hydroxyl groups is 1. The zero-order valence-electron chi connectivity index (χ0n) is 19.1. The van der Waals surface area contributed by atoms with Crippen LogP contribution in [0.25, 0.3) is 0 Å². The van der Waals surface area contributed by atoms with Crippen molar-refractivity contribution in [3.05, 3.63) is 125 Å². The van der Waals surface area contributed by atoms with Crippen LogP contribution in [-0.2, 0) is 18.6 Å². The number of nitrogens with two attached hydrogens (primary N) is 1. The minimum atomic E-state index is -0.772. The summed E-state index contributed by atoms with van der Waals surface area (Å²) in [6.45, 7) is 0.404. The highest BCUT2D eigenvalue weighted by Crippen LogP contribution is 2.36. The van der Waals surface area contributed by atoms with Crippen molar-refractivity contribution in [1.29, 1.82) is 0 Å². The first-order chi connectivity index (χ1) is 17.1. The predicted octanol–water partition coefficient (Wildman–Crippen LogP) is 2.93. The van der Waals surface area contributed by atoms with Crippen LogP contribution in [0.15, 0.2) is 97.3 Å². The van der Waals surface area contributed by atoms with Crippen LogP contribution in [0, 0.1) is 0 Å². The number of hydrogen-bond donors (Lipinski definition) is 4. The standard InChI is InChI=1S/C27H27N5O2S/c28-25(34)24-23(32(16-17-33)19-30-24)18-29-26(35)31-27(20-10-4-1-5-11-20,21-12-6-2-7-13-21)22-14-8-3-9-15-22/h1-15,19,33H,16-18H2,(H2,28,34)(H2,29,31,35). The maximum Gasteiger partial charge on any atom is 0.269 e. The molecule has 0 aliphatic heterocycles. The molecule has 1 heterocycles. The van der Waals surface area contributed by atoms with Crippen molar-refractivity contribution in [2.24, 2.45) is 5.73 Å². The number of thiocarbonyl (C=S) groups is 1. The molecule has 178 valence electrons. The molecular formula is C27H27N5O2S. The molecule has 0 saturated carbocycles. The van der Waals surface area contributed by atoms with E-state index in [0.717, 1.165) is 16.7 Å². The molecule has 35 heavy (non-hydrogen) atoms. The van der Waals surface area contributed by atoms with E-state index in [-0.39, 0.29) is 18.8 Å². The van der Waals surface area contributed by atoms with Gasteiger partial charge in [0.1, 0.15) is 5.54 Å². The summed E-state index contributed by atoms with van der Waals surface area (Å²) < 4.78 is 1.69. The molecule has 7 nitrogen and oxygen atoms in total. The van der Waals surface area contributed by atoms with E-state index in [0.29, 0.717) is 17.4 Å². The third kappa shape index (κ3) is 5.08. The van der Waals surface area contributed by atoms with E-state index < -0.39 is 11.4 Å². The van der Waals surface area contributed by atoms with E-state index in [1.807, 2.05) is 54.6 Å². The number of hydrogen-bond acceptors (Lipinski definition) is 4. The minimum Gasteiger partial charge on any atom is -0.395 e. The highest BCUT2D eigenvalue weighted by atomic mass is 32.1. The van der Waals surface area contributed by atoms with Gasteiger partial charge in [-0.05, 0) is 28.9 Å². The average Bonchev–Trinajstić information content (AvgIpc) is 3.30. The van der Waals surface area contributed by atoms with Gasteiger partial charge in [-0.3, -0.25) is 4.79 Å². The monoisotopic (exact) mass is 485 g/mol. The molecule has 3 aromatic carbocycles. The van der Waals surface area contributed by atoms with E-state index >= 15 is 0 Å². The van der Waals surface area contributed by atoms with Crippen molar-refractivity contribution in [2.45, 2.75) is 18.6 Å². The first-order valence-corrected chi connectivity index (χ1v) is 11.6. The van der Waals surface area contributed by atoms with Gasteiger partial charge in [0, 0.05) is 6.54 Å². The zero-order chi connectivity index (χ0) is 24.7. The molecule has 0 atom stereocenters. The van der Waals surface area contributed by atoms with E-state index in [2.05, 4.69) is 52.0 Å². The van der Waals surface area contributed by atoms with Gasteiger partial charge in [-0.25, -0.2) is 4.98 Å². The molecule has 0 saturated heterocycles. The SMILES string of the molecule is NC(=O)c1ncn(CCO)c1CNC(=S)NC(c1ccccc1)(c1ccccc1)c1ccccc1. The second-order valence-electron chi connectivity index (χ2n) is 7.98. The predicted molar refractivity (Wildman–Crippen MR) is 140 cm³/mol. The Bertz CT molecular complexity index is 1180. The summed E-state index contributed by atoms with van der Waals surface area (Å²) in [6.07, 6.45) is 1.49. The van der Waals surface area contributed by atoms with E-state index in [1.54, 1.807) is 4.57 Å². The lowest BCUT2D eigenvalue weighted by molar-refractivity contribution is 0.0994. The number of benzene rings is 3. The average molecular weight is 486 g/mol. The molecule has 8 heteroatoms. The van der Waals surface area contributed by atoms with Crippen LogP contribution >= 0.6 is 12.2 Å². The smallest absolute Gasteiger partial charge is 0.269 e. The normalized spacial score (nSPS) is 11.1. The number of nitrogens with zero attached hydrogens (tertiary/aromatic N) is 2. The summed E-state index contributed by atoms with van der Waals surface area (Å²) in [7, 11) is 0. The van der Waals surface area contributed by atoms with Gasteiger partial charge in [0.25, 0.3) is 5.91 Å². The van der Waals surface area contributed by atoms with E-state index in [4.69, 9.17) is 18.0 Å². The van der Waals surface area contributed by atoms with Crippen LogP contribution in [0.3, 0.4) is 0 Å². The molecule has 0 spiro atoms. The number of carbonyl (C=O) groups excluding carboxylic acids is 1. The van der Waals surface area contributed by atoms with E-state index in [9.17, 15) is 9.90 Å². The second kappa shape index (κ2) is 10.9. The maximum atomic E-state index is 11.9. The van der Waals surface area contributed by atoms with E-state index in [1.165, 1.54) is 6.33 Å². The molecule has 0 bridgehead atoms. The lowest BCUT2D eigenvalue weighted by Gasteiger charge is -2.38. The minimum absolute atomic E-state index is 0.0939. The highest BCUT2D eigenvalue weighted by molar-refractivity contribution is 7.80. The molecular weight excluding hydrogens is 458 g/mol. The Hall–Kier alpha value is -4.01. The zero-order valence-corrected chi connectivity index (χ0v) is 19.9. The Morgan fingerprint density at radius 1 is 0.914 bits per heavy atom. The van der Waals surface area contributed by atoms with Crippen molar-refractivity contribution >= 4 is 23.2 Å². The molecule has 5 N–H and O–H groups in total. The van der Waals surface area contributed by atoms with Gasteiger partial charge in [0.2, 0.25) is 0 Å². The van der Waals surface area contributed by atoms with Crippen molar-refractivity contribution in [3.63, 3.8) is 0 Å². The fourth-order valence-electron chi connectivity index (χ4n) is 4.26. The first-order valence-electron chi connectivity index (χ1n) is 11.2. The van der Waals surface area contributed by atoms with Crippen LogP contribution in [0.5, 0.6) is 0 Å². The molecule has 0 aliphatic rings. The van der Waals surface area contributed by atoms with Crippen LogP contribution < -0.4 is 16.4 Å². The van der Waals surface area contributed by atoms with Gasteiger partial charge in [-0.15, -0.1) is 0 Å². The van der Waals surface area contributed by atoms with Gasteiger partial charge in [0.15, 0.2) is 10.8 Å². The molecule has 4 rings (SSSR count). The Labute approximate surface area is 209 Å². The van der Waals surface area contributed by atoms with Crippen LogP contribution in [-0.4, -0.2) is 32.3 Å². The van der Waals surface area contributed by atoms with Crippen molar-refractivity contribution in [1.82, 2.24) is 20.2 Å². The second-order valence-corrected chi connectivity index (χ2v) is 8.39. The number of nitrogens with one attached hydrogen (secondary N) is 2. The number of primary amides is 1. The highest BCUT2D eigenvalue weighted by Gasteiger charge is 2.37. The molecule has 1 aromatic heterocycles. The van der Waals surface area contributed by atoms with Crippen LogP contribution in [0.2, 0.25) is 0 Å². The van der Waals surface area contributed by atoms with Crippen molar-refractivity contribution < 1.29 is 9.90 Å². The topological polar surface area (TPSA) is 105 Å².